The van der Waals surface area contributed by atoms with E-state index in [-0.39, 0.29) is 28.5 Å². The number of methoxy groups -OCH3 is 2. The van der Waals surface area contributed by atoms with Crippen LogP contribution in [0.1, 0.15) is 10.4 Å². The van der Waals surface area contributed by atoms with Crippen molar-refractivity contribution in [1.82, 2.24) is 0 Å². The highest BCUT2D eigenvalue weighted by Gasteiger charge is 2.23. The highest BCUT2D eigenvalue weighted by molar-refractivity contribution is 7.92. The third-order valence-corrected chi connectivity index (χ3v) is 4.73. The van der Waals surface area contributed by atoms with Crippen LogP contribution in [-0.2, 0) is 10.0 Å². The van der Waals surface area contributed by atoms with Crippen LogP contribution in [-0.4, -0.2) is 40.3 Å². The van der Waals surface area contributed by atoms with Crippen LogP contribution < -0.4 is 18.9 Å². The molecule has 0 radical (unpaired) electrons. The maximum Gasteiger partial charge on any atom is 0.387 e. The number of carbonyl (C=O) groups is 1. The normalized spacial score (nSPS) is 11.1. The average molecular weight is 403 g/mol. The standard InChI is InChI=1S/C16H15F2NO7S/c1-24-11-6-4-10(8-13(11)26-16(17)18)19-27(22,23)14-7-9(15(20)21)3-5-12(14)25-2/h3-8,16,19H,1-2H3,(H,20,21). The SMILES string of the molecule is COc1ccc(NS(=O)(=O)c2cc(C(=O)O)ccc2OC)cc1OC(F)F. The van der Waals surface area contributed by atoms with Gasteiger partial charge in [-0.3, -0.25) is 4.72 Å². The lowest BCUT2D eigenvalue weighted by Crippen LogP contribution is -2.15. The van der Waals surface area contributed by atoms with Crippen LogP contribution in [0.4, 0.5) is 14.5 Å². The van der Waals surface area contributed by atoms with Gasteiger partial charge in [0, 0.05) is 6.07 Å². The maximum absolute atomic E-state index is 12.6. The summed E-state index contributed by atoms with van der Waals surface area (Å²) in [6.45, 7) is -3.14. The summed E-state index contributed by atoms with van der Waals surface area (Å²) in [5, 5.41) is 9.05. The molecule has 0 bridgehead atoms. The Morgan fingerprint density at radius 3 is 2.22 bits per heavy atom. The number of carboxylic acid groups (broad SMARTS) is 1. The Bertz CT molecular complexity index is 948. The molecule has 0 saturated carbocycles. The Balaban J connectivity index is 2.44. The molecule has 27 heavy (non-hydrogen) atoms. The van der Waals surface area contributed by atoms with Gasteiger partial charge in [0.15, 0.2) is 11.5 Å². The van der Waals surface area contributed by atoms with E-state index < -0.39 is 27.5 Å². The molecule has 0 atom stereocenters. The Kier molecular flexibility index (Phi) is 6.05. The zero-order chi connectivity index (χ0) is 20.2. The van der Waals surface area contributed by atoms with Gasteiger partial charge in [0.25, 0.3) is 10.0 Å². The molecule has 0 aliphatic carbocycles. The number of carboxylic acids is 1. The van der Waals surface area contributed by atoms with Crippen molar-refractivity contribution < 1.29 is 41.3 Å². The largest absolute Gasteiger partial charge is 0.495 e. The first kappa shape index (κ1) is 20.2. The fourth-order valence-electron chi connectivity index (χ4n) is 2.16. The van der Waals surface area contributed by atoms with E-state index in [1.165, 1.54) is 38.5 Å². The van der Waals surface area contributed by atoms with E-state index in [1.54, 1.807) is 0 Å². The number of rotatable bonds is 8. The van der Waals surface area contributed by atoms with Crippen molar-refractivity contribution in [3.8, 4) is 17.2 Å². The number of ether oxygens (including phenoxy) is 3. The van der Waals surface area contributed by atoms with Gasteiger partial charge in [0.1, 0.15) is 10.6 Å². The lowest BCUT2D eigenvalue weighted by atomic mass is 10.2. The zero-order valence-corrected chi connectivity index (χ0v) is 14.9. The van der Waals surface area contributed by atoms with Crippen molar-refractivity contribution in [2.75, 3.05) is 18.9 Å². The lowest BCUT2D eigenvalue weighted by molar-refractivity contribution is -0.0511. The smallest absolute Gasteiger partial charge is 0.387 e. The zero-order valence-electron chi connectivity index (χ0n) is 14.1. The highest BCUT2D eigenvalue weighted by Crippen LogP contribution is 2.33. The molecule has 0 aliphatic heterocycles. The second-order valence-electron chi connectivity index (χ2n) is 5.02. The van der Waals surface area contributed by atoms with E-state index in [2.05, 4.69) is 9.46 Å². The first-order valence-corrected chi connectivity index (χ1v) is 8.73. The maximum atomic E-state index is 12.6. The van der Waals surface area contributed by atoms with Gasteiger partial charge in [-0.05, 0) is 30.3 Å². The van der Waals surface area contributed by atoms with Crippen LogP contribution in [0.2, 0.25) is 0 Å². The summed E-state index contributed by atoms with van der Waals surface area (Å²) >= 11 is 0. The van der Waals surface area contributed by atoms with Gasteiger partial charge in [-0.1, -0.05) is 0 Å². The summed E-state index contributed by atoms with van der Waals surface area (Å²) in [5.74, 6) is -1.82. The Labute approximate surface area is 153 Å². The molecule has 8 nitrogen and oxygen atoms in total. The summed E-state index contributed by atoms with van der Waals surface area (Å²) < 4.78 is 66.6. The van der Waals surface area contributed by atoms with Crippen LogP contribution in [0.25, 0.3) is 0 Å². The van der Waals surface area contributed by atoms with E-state index >= 15 is 0 Å². The molecule has 2 aromatic carbocycles. The topological polar surface area (TPSA) is 111 Å². The number of sulfonamides is 1. The van der Waals surface area contributed by atoms with Crippen molar-refractivity contribution in [2.24, 2.45) is 0 Å². The quantitative estimate of drug-likeness (QED) is 0.697. The third-order valence-electron chi connectivity index (χ3n) is 3.33. The van der Waals surface area contributed by atoms with Gasteiger partial charge >= 0.3 is 12.6 Å². The molecule has 0 saturated heterocycles. The van der Waals surface area contributed by atoms with Gasteiger partial charge in [0.2, 0.25) is 0 Å². The summed E-state index contributed by atoms with van der Waals surface area (Å²) in [6.07, 6.45) is 0. The van der Waals surface area contributed by atoms with Crippen LogP contribution in [0.5, 0.6) is 17.2 Å². The molecular weight excluding hydrogens is 388 g/mol. The minimum Gasteiger partial charge on any atom is -0.495 e. The van der Waals surface area contributed by atoms with Gasteiger partial charge in [-0.2, -0.15) is 8.78 Å². The summed E-state index contributed by atoms with van der Waals surface area (Å²) in [6, 6.07) is 6.81. The van der Waals surface area contributed by atoms with Crippen LogP contribution in [0.15, 0.2) is 41.3 Å². The van der Waals surface area contributed by atoms with Crippen LogP contribution >= 0.6 is 0 Å². The summed E-state index contributed by atoms with van der Waals surface area (Å²) in [4.78, 5) is 10.7. The Morgan fingerprint density at radius 1 is 1.04 bits per heavy atom. The highest BCUT2D eigenvalue weighted by atomic mass is 32.2. The Morgan fingerprint density at radius 2 is 1.67 bits per heavy atom. The molecule has 11 heteroatoms. The second-order valence-corrected chi connectivity index (χ2v) is 6.67. The van der Waals surface area contributed by atoms with Crippen molar-refractivity contribution in [3.05, 3.63) is 42.0 Å². The molecule has 0 aromatic heterocycles. The molecule has 0 spiro atoms. The predicted octanol–water partition coefficient (Wildman–Crippen LogP) is 2.80. The Hall–Kier alpha value is -3.08. The number of nitrogens with one attached hydrogen (secondary N) is 1. The van der Waals surface area contributed by atoms with E-state index in [4.69, 9.17) is 14.6 Å². The third kappa shape index (κ3) is 4.76. The molecule has 0 unspecified atom stereocenters. The lowest BCUT2D eigenvalue weighted by Gasteiger charge is -2.14. The van der Waals surface area contributed by atoms with Gasteiger partial charge < -0.3 is 19.3 Å². The van der Waals surface area contributed by atoms with Crippen LogP contribution in [0, 0.1) is 0 Å². The predicted molar refractivity (Wildman–Crippen MR) is 90.4 cm³/mol. The molecule has 2 aromatic rings. The number of hydrogen-bond donors (Lipinski definition) is 2. The molecule has 0 amide bonds. The van der Waals surface area contributed by atoms with E-state index in [0.717, 1.165) is 12.1 Å². The number of anilines is 1. The van der Waals surface area contributed by atoms with Crippen LogP contribution in [0.3, 0.4) is 0 Å². The minimum atomic E-state index is -4.30. The number of halogens is 2. The average Bonchev–Trinajstić information content (AvgIpc) is 2.60. The molecule has 0 fully saturated rings. The summed E-state index contributed by atoms with van der Waals surface area (Å²) in [7, 11) is -1.84. The number of alkyl halides is 2. The monoisotopic (exact) mass is 403 g/mol. The van der Waals surface area contributed by atoms with E-state index in [1.807, 2.05) is 0 Å². The molecule has 2 N–H and O–H groups in total. The fraction of sp³-hybridized carbons (Fsp3) is 0.188. The fourth-order valence-corrected chi connectivity index (χ4v) is 3.40. The second kappa shape index (κ2) is 8.08. The van der Waals surface area contributed by atoms with Crippen molar-refractivity contribution in [2.45, 2.75) is 11.5 Å². The number of aromatic carboxylic acids is 1. The molecule has 0 aliphatic rings. The van der Waals surface area contributed by atoms with Gasteiger partial charge in [0.05, 0.1) is 25.5 Å². The first-order valence-electron chi connectivity index (χ1n) is 7.25. The number of hydrogen-bond acceptors (Lipinski definition) is 6. The van der Waals surface area contributed by atoms with E-state index in [9.17, 15) is 22.0 Å². The van der Waals surface area contributed by atoms with Crippen molar-refractivity contribution >= 4 is 21.7 Å². The summed E-state index contributed by atoms with van der Waals surface area (Å²) in [5.41, 5.74) is -0.373. The first-order chi connectivity index (χ1) is 12.7. The van der Waals surface area contributed by atoms with Gasteiger partial charge in [-0.15, -0.1) is 0 Å². The molecule has 146 valence electrons. The number of benzene rings is 2. The van der Waals surface area contributed by atoms with Gasteiger partial charge in [-0.25, -0.2) is 13.2 Å². The minimum absolute atomic E-state index is 0.0243. The molecule has 2 rings (SSSR count). The molecule has 0 heterocycles. The van der Waals surface area contributed by atoms with E-state index in [0.29, 0.717) is 0 Å². The molecular formula is C16H15F2NO7S. The van der Waals surface area contributed by atoms with Crippen molar-refractivity contribution in [1.29, 1.82) is 0 Å². The van der Waals surface area contributed by atoms with Crippen molar-refractivity contribution in [3.63, 3.8) is 0 Å².